The fraction of sp³-hybridized carbons (Fsp3) is 0.143. The first-order valence-electron chi connectivity index (χ1n) is 5.45. The molecule has 2 aromatic carbocycles. The van der Waals surface area contributed by atoms with E-state index >= 15 is 0 Å². The van der Waals surface area contributed by atoms with Crippen LogP contribution in [0.1, 0.15) is 11.1 Å². The second kappa shape index (κ2) is 4.45. The third-order valence-corrected chi connectivity index (χ3v) is 2.54. The topological polar surface area (TPSA) is 38.0 Å². The summed E-state index contributed by atoms with van der Waals surface area (Å²) in [4.78, 5) is 0. The summed E-state index contributed by atoms with van der Waals surface area (Å²) in [5, 5.41) is 3.02. The van der Waals surface area contributed by atoms with Gasteiger partial charge in [-0.2, -0.15) is 0 Å². The summed E-state index contributed by atoms with van der Waals surface area (Å²) >= 11 is 0. The Kier molecular flexibility index (Phi) is 3.00. The predicted octanol–water partition coefficient (Wildman–Crippen LogP) is 3.77. The summed E-state index contributed by atoms with van der Waals surface area (Å²) in [5.74, 6) is -0.343. The number of nitrogens with two attached hydrogens (primary N) is 1. The van der Waals surface area contributed by atoms with E-state index in [1.807, 2.05) is 26.0 Å². The van der Waals surface area contributed by atoms with Gasteiger partial charge in [0.1, 0.15) is 5.82 Å². The Morgan fingerprint density at radius 2 is 1.71 bits per heavy atom. The van der Waals surface area contributed by atoms with Crippen LogP contribution >= 0.6 is 0 Å². The minimum Gasteiger partial charge on any atom is -0.397 e. The van der Waals surface area contributed by atoms with Crippen LogP contribution < -0.4 is 11.1 Å². The van der Waals surface area contributed by atoms with Crippen molar-refractivity contribution < 1.29 is 4.39 Å². The number of nitrogen functional groups attached to an aromatic ring is 1. The van der Waals surface area contributed by atoms with Crippen molar-refractivity contribution in [3.63, 3.8) is 0 Å². The lowest BCUT2D eigenvalue weighted by atomic mass is 10.1. The van der Waals surface area contributed by atoms with Gasteiger partial charge >= 0.3 is 0 Å². The molecule has 3 heteroatoms. The standard InChI is InChI=1S/C14H15FN2/c1-9-6-10(2)8-11(7-9)17-14-12(15)4-3-5-13(14)16/h3-8,17H,16H2,1-2H3. The number of benzene rings is 2. The largest absolute Gasteiger partial charge is 0.397 e. The molecule has 0 aromatic heterocycles. The molecule has 0 saturated carbocycles. The molecule has 0 aliphatic heterocycles. The Balaban J connectivity index is 2.38. The van der Waals surface area contributed by atoms with Gasteiger partial charge in [0.15, 0.2) is 0 Å². The van der Waals surface area contributed by atoms with E-state index in [4.69, 9.17) is 5.73 Å². The van der Waals surface area contributed by atoms with Crippen LogP contribution in [0.4, 0.5) is 21.5 Å². The second-order valence-electron chi connectivity index (χ2n) is 4.21. The van der Waals surface area contributed by atoms with E-state index in [2.05, 4.69) is 11.4 Å². The number of anilines is 3. The van der Waals surface area contributed by atoms with Gasteiger partial charge in [0.25, 0.3) is 0 Å². The first kappa shape index (κ1) is 11.5. The molecule has 0 heterocycles. The molecule has 0 radical (unpaired) electrons. The molecule has 0 saturated heterocycles. The smallest absolute Gasteiger partial charge is 0.148 e. The lowest BCUT2D eigenvalue weighted by Gasteiger charge is -2.11. The minimum atomic E-state index is -0.343. The molecule has 2 aromatic rings. The number of para-hydroxylation sites is 1. The summed E-state index contributed by atoms with van der Waals surface area (Å²) in [6, 6.07) is 10.6. The van der Waals surface area contributed by atoms with E-state index in [1.165, 1.54) is 6.07 Å². The number of rotatable bonds is 2. The molecule has 0 unspecified atom stereocenters. The van der Waals surface area contributed by atoms with Crippen LogP contribution in [0.15, 0.2) is 36.4 Å². The van der Waals surface area contributed by atoms with Crippen LogP contribution in [-0.2, 0) is 0 Å². The van der Waals surface area contributed by atoms with E-state index in [0.717, 1.165) is 16.8 Å². The summed E-state index contributed by atoms with van der Waals surface area (Å²) in [6.07, 6.45) is 0. The molecule has 17 heavy (non-hydrogen) atoms. The van der Waals surface area contributed by atoms with Crippen LogP contribution in [-0.4, -0.2) is 0 Å². The molecule has 0 aliphatic carbocycles. The summed E-state index contributed by atoms with van der Waals surface area (Å²) < 4.78 is 13.6. The fourth-order valence-electron chi connectivity index (χ4n) is 1.86. The van der Waals surface area contributed by atoms with Crippen molar-refractivity contribution >= 4 is 17.1 Å². The highest BCUT2D eigenvalue weighted by Crippen LogP contribution is 2.26. The molecule has 2 rings (SSSR count). The van der Waals surface area contributed by atoms with Gasteiger partial charge < -0.3 is 11.1 Å². The van der Waals surface area contributed by atoms with Crippen molar-refractivity contribution in [2.45, 2.75) is 13.8 Å². The van der Waals surface area contributed by atoms with Gasteiger partial charge in [-0.25, -0.2) is 4.39 Å². The molecule has 0 aliphatic rings. The molecule has 0 spiro atoms. The first-order valence-corrected chi connectivity index (χ1v) is 5.45. The van der Waals surface area contributed by atoms with E-state index < -0.39 is 0 Å². The van der Waals surface area contributed by atoms with Crippen LogP contribution in [0.5, 0.6) is 0 Å². The van der Waals surface area contributed by atoms with Crippen LogP contribution in [0.2, 0.25) is 0 Å². The Morgan fingerprint density at radius 3 is 2.29 bits per heavy atom. The maximum atomic E-state index is 13.6. The fourth-order valence-corrected chi connectivity index (χ4v) is 1.86. The van der Waals surface area contributed by atoms with E-state index in [9.17, 15) is 4.39 Å². The molecular formula is C14H15FN2. The molecular weight excluding hydrogens is 215 g/mol. The summed E-state index contributed by atoms with van der Waals surface area (Å²) in [7, 11) is 0. The average molecular weight is 230 g/mol. The summed E-state index contributed by atoms with van der Waals surface area (Å²) in [5.41, 5.74) is 9.58. The van der Waals surface area contributed by atoms with Crippen molar-refractivity contribution in [1.82, 2.24) is 0 Å². The van der Waals surface area contributed by atoms with Gasteiger partial charge in [-0.15, -0.1) is 0 Å². The quantitative estimate of drug-likeness (QED) is 0.771. The SMILES string of the molecule is Cc1cc(C)cc(Nc2c(N)cccc2F)c1. The average Bonchev–Trinajstić information content (AvgIpc) is 2.22. The monoisotopic (exact) mass is 230 g/mol. The third kappa shape index (κ3) is 2.56. The Hall–Kier alpha value is -2.03. The number of hydrogen-bond donors (Lipinski definition) is 2. The van der Waals surface area contributed by atoms with Gasteiger partial charge in [0, 0.05) is 5.69 Å². The zero-order valence-electron chi connectivity index (χ0n) is 9.92. The number of aryl methyl sites for hydroxylation is 2. The number of halogens is 1. The van der Waals surface area contributed by atoms with Crippen molar-refractivity contribution in [3.8, 4) is 0 Å². The highest BCUT2D eigenvalue weighted by Gasteiger charge is 2.06. The molecule has 2 nitrogen and oxygen atoms in total. The zero-order chi connectivity index (χ0) is 12.4. The molecule has 0 bridgehead atoms. The predicted molar refractivity (Wildman–Crippen MR) is 70.0 cm³/mol. The Morgan fingerprint density at radius 1 is 1.06 bits per heavy atom. The number of nitrogens with one attached hydrogen (secondary N) is 1. The van der Waals surface area contributed by atoms with Gasteiger partial charge in [0.05, 0.1) is 11.4 Å². The maximum absolute atomic E-state index is 13.6. The van der Waals surface area contributed by atoms with Crippen LogP contribution in [0, 0.1) is 19.7 Å². The lowest BCUT2D eigenvalue weighted by Crippen LogP contribution is -1.99. The summed E-state index contributed by atoms with van der Waals surface area (Å²) in [6.45, 7) is 4.01. The third-order valence-electron chi connectivity index (χ3n) is 2.54. The van der Waals surface area contributed by atoms with Gasteiger partial charge in [-0.3, -0.25) is 0 Å². The molecule has 0 fully saturated rings. The maximum Gasteiger partial charge on any atom is 0.148 e. The van der Waals surface area contributed by atoms with E-state index in [0.29, 0.717) is 11.4 Å². The van der Waals surface area contributed by atoms with Gasteiger partial charge in [-0.1, -0.05) is 12.1 Å². The first-order chi connectivity index (χ1) is 8.06. The van der Waals surface area contributed by atoms with Crippen LogP contribution in [0.25, 0.3) is 0 Å². The van der Waals surface area contributed by atoms with Gasteiger partial charge in [-0.05, 0) is 49.2 Å². The molecule has 88 valence electrons. The number of hydrogen-bond acceptors (Lipinski definition) is 2. The lowest BCUT2D eigenvalue weighted by molar-refractivity contribution is 0.632. The molecule has 0 atom stereocenters. The normalized spacial score (nSPS) is 10.3. The zero-order valence-corrected chi connectivity index (χ0v) is 9.92. The minimum absolute atomic E-state index is 0.331. The van der Waals surface area contributed by atoms with Crippen molar-refractivity contribution in [1.29, 1.82) is 0 Å². The van der Waals surface area contributed by atoms with Crippen molar-refractivity contribution in [3.05, 3.63) is 53.3 Å². The highest BCUT2D eigenvalue weighted by atomic mass is 19.1. The van der Waals surface area contributed by atoms with Crippen LogP contribution in [0.3, 0.4) is 0 Å². The molecule has 0 amide bonds. The molecule has 3 N–H and O–H groups in total. The van der Waals surface area contributed by atoms with Crippen molar-refractivity contribution in [2.24, 2.45) is 0 Å². The van der Waals surface area contributed by atoms with E-state index in [-0.39, 0.29) is 5.82 Å². The Bertz CT molecular complexity index is 509. The highest BCUT2D eigenvalue weighted by molar-refractivity contribution is 5.73. The van der Waals surface area contributed by atoms with Gasteiger partial charge in [0.2, 0.25) is 0 Å². The van der Waals surface area contributed by atoms with Crippen molar-refractivity contribution in [2.75, 3.05) is 11.1 Å². The van der Waals surface area contributed by atoms with E-state index in [1.54, 1.807) is 12.1 Å². The Labute approximate surface area is 100 Å². The second-order valence-corrected chi connectivity index (χ2v) is 4.21.